The van der Waals surface area contributed by atoms with Crippen LogP contribution in [-0.4, -0.2) is 11.9 Å². The fraction of sp³-hybridized carbons (Fsp3) is 0.214. The number of carbonyl (C=O) groups excluding carboxylic acids is 1. The van der Waals surface area contributed by atoms with E-state index in [0.29, 0.717) is 17.3 Å². The summed E-state index contributed by atoms with van der Waals surface area (Å²) in [6.45, 7) is 0. The van der Waals surface area contributed by atoms with Crippen molar-refractivity contribution in [2.75, 3.05) is 5.73 Å². The molecule has 0 bridgehead atoms. The minimum absolute atomic E-state index is 0.0268. The molecule has 3 N–H and O–H groups in total. The molecule has 1 amide bonds. The Hall–Kier alpha value is -1.81. The number of amides is 1. The molecule has 92 valence electrons. The first-order chi connectivity index (χ1) is 8.74. The monoisotopic (exact) mass is 258 g/mol. The zero-order chi connectivity index (χ0) is 12.5. The van der Waals surface area contributed by atoms with Gasteiger partial charge in [0.05, 0.1) is 0 Å². The molecule has 1 aromatic carbocycles. The lowest BCUT2D eigenvalue weighted by Gasteiger charge is -2.07. The molecule has 0 radical (unpaired) electrons. The summed E-state index contributed by atoms with van der Waals surface area (Å²) in [5, 5.41) is 7.03. The molecule has 1 heterocycles. The van der Waals surface area contributed by atoms with Crippen LogP contribution in [0, 0.1) is 0 Å². The number of hydrogen-bond acceptors (Lipinski definition) is 3. The molecular weight excluding hydrogens is 244 g/mol. The third-order valence-corrected chi connectivity index (χ3v) is 3.74. The number of thiophene rings is 1. The highest BCUT2D eigenvalue weighted by molar-refractivity contribution is 7.08. The van der Waals surface area contributed by atoms with E-state index in [1.54, 1.807) is 17.4 Å². The molecule has 3 rings (SSSR count). The average molecular weight is 258 g/mol. The second-order valence-corrected chi connectivity index (χ2v) is 5.34. The van der Waals surface area contributed by atoms with Gasteiger partial charge in [0.1, 0.15) is 0 Å². The summed E-state index contributed by atoms with van der Waals surface area (Å²) in [5.41, 5.74) is 9.40. The number of nitrogen functional groups attached to an aromatic ring is 1. The average Bonchev–Trinajstić information content (AvgIpc) is 3.01. The van der Waals surface area contributed by atoms with Crippen LogP contribution in [0.3, 0.4) is 0 Å². The quantitative estimate of drug-likeness (QED) is 0.832. The minimum Gasteiger partial charge on any atom is -0.398 e. The highest BCUT2D eigenvalue weighted by atomic mass is 32.1. The normalized spacial score (nSPS) is 14.4. The fourth-order valence-electron chi connectivity index (χ4n) is 1.88. The number of nitrogens with one attached hydrogen (secondary N) is 1. The Kier molecular flexibility index (Phi) is 2.80. The number of hydrogen-bond donors (Lipinski definition) is 2. The molecule has 0 aliphatic heterocycles. The van der Waals surface area contributed by atoms with E-state index in [1.807, 2.05) is 23.6 Å². The lowest BCUT2D eigenvalue weighted by Crippen LogP contribution is -2.25. The summed E-state index contributed by atoms with van der Waals surface area (Å²) in [4.78, 5) is 11.9. The van der Waals surface area contributed by atoms with Crippen molar-refractivity contribution in [1.29, 1.82) is 0 Å². The van der Waals surface area contributed by atoms with Gasteiger partial charge in [-0.25, -0.2) is 0 Å². The Bertz CT molecular complexity index is 573. The van der Waals surface area contributed by atoms with Gasteiger partial charge in [-0.1, -0.05) is 6.07 Å². The standard InChI is InChI=1S/C14H14N2OS/c15-13-7-9(14(17)16-11-2-3-11)1-4-12(13)10-5-6-18-8-10/h1,4-8,11H,2-3,15H2,(H,16,17). The molecular formula is C14H14N2OS. The van der Waals surface area contributed by atoms with Crippen molar-refractivity contribution >= 4 is 22.9 Å². The number of rotatable bonds is 3. The molecule has 0 saturated heterocycles. The van der Waals surface area contributed by atoms with Gasteiger partial charge < -0.3 is 11.1 Å². The molecule has 0 atom stereocenters. The first kappa shape index (κ1) is 11.3. The summed E-state index contributed by atoms with van der Waals surface area (Å²) in [7, 11) is 0. The number of nitrogens with two attached hydrogens (primary N) is 1. The van der Waals surface area contributed by atoms with Gasteiger partial charge in [-0.2, -0.15) is 11.3 Å². The Labute approximate surface area is 110 Å². The van der Waals surface area contributed by atoms with Crippen LogP contribution >= 0.6 is 11.3 Å². The van der Waals surface area contributed by atoms with Gasteiger partial charge in [-0.3, -0.25) is 4.79 Å². The van der Waals surface area contributed by atoms with Crippen molar-refractivity contribution in [3.8, 4) is 11.1 Å². The van der Waals surface area contributed by atoms with Crippen molar-refractivity contribution in [3.63, 3.8) is 0 Å². The molecule has 1 aliphatic rings. The summed E-state index contributed by atoms with van der Waals surface area (Å²) in [6, 6.07) is 7.90. The van der Waals surface area contributed by atoms with Gasteiger partial charge in [-0.15, -0.1) is 0 Å². The third-order valence-electron chi connectivity index (χ3n) is 3.06. The van der Waals surface area contributed by atoms with E-state index in [0.717, 1.165) is 24.0 Å². The van der Waals surface area contributed by atoms with Gasteiger partial charge in [-0.05, 0) is 47.4 Å². The van der Waals surface area contributed by atoms with E-state index in [-0.39, 0.29) is 5.91 Å². The predicted molar refractivity (Wildman–Crippen MR) is 74.7 cm³/mol. The zero-order valence-corrected chi connectivity index (χ0v) is 10.7. The predicted octanol–water partition coefficient (Wildman–Crippen LogP) is 2.89. The Balaban J connectivity index is 1.86. The highest BCUT2D eigenvalue weighted by Crippen LogP contribution is 2.28. The van der Waals surface area contributed by atoms with E-state index < -0.39 is 0 Å². The zero-order valence-electron chi connectivity index (χ0n) is 9.85. The molecule has 0 unspecified atom stereocenters. The van der Waals surface area contributed by atoms with Gasteiger partial charge >= 0.3 is 0 Å². The maximum absolute atomic E-state index is 11.9. The first-order valence-electron chi connectivity index (χ1n) is 5.97. The van der Waals surface area contributed by atoms with Crippen molar-refractivity contribution in [3.05, 3.63) is 40.6 Å². The van der Waals surface area contributed by atoms with Gasteiger partial charge in [0.25, 0.3) is 5.91 Å². The Morgan fingerprint density at radius 3 is 2.78 bits per heavy atom. The van der Waals surface area contributed by atoms with E-state index in [1.165, 1.54) is 0 Å². The minimum atomic E-state index is -0.0268. The molecule has 2 aromatic rings. The summed E-state index contributed by atoms with van der Waals surface area (Å²) in [5.74, 6) is -0.0268. The van der Waals surface area contributed by atoms with Crippen LogP contribution in [0.4, 0.5) is 5.69 Å². The fourth-order valence-corrected chi connectivity index (χ4v) is 2.54. The van der Waals surface area contributed by atoms with Crippen molar-refractivity contribution in [1.82, 2.24) is 5.32 Å². The second-order valence-electron chi connectivity index (χ2n) is 4.56. The van der Waals surface area contributed by atoms with Crippen LogP contribution in [0.5, 0.6) is 0 Å². The topological polar surface area (TPSA) is 55.1 Å². The third kappa shape index (κ3) is 2.24. The molecule has 1 aliphatic carbocycles. The van der Waals surface area contributed by atoms with E-state index in [2.05, 4.69) is 10.7 Å². The molecule has 1 aromatic heterocycles. The number of benzene rings is 1. The summed E-state index contributed by atoms with van der Waals surface area (Å²) < 4.78 is 0. The maximum atomic E-state index is 11.9. The Morgan fingerprint density at radius 2 is 2.17 bits per heavy atom. The van der Waals surface area contributed by atoms with E-state index in [9.17, 15) is 4.79 Å². The molecule has 3 nitrogen and oxygen atoms in total. The smallest absolute Gasteiger partial charge is 0.251 e. The van der Waals surface area contributed by atoms with E-state index in [4.69, 9.17) is 5.73 Å². The molecule has 4 heteroatoms. The van der Waals surface area contributed by atoms with Crippen LogP contribution in [-0.2, 0) is 0 Å². The van der Waals surface area contributed by atoms with Crippen LogP contribution in [0.15, 0.2) is 35.0 Å². The number of anilines is 1. The molecule has 0 spiro atoms. The molecule has 1 saturated carbocycles. The summed E-state index contributed by atoms with van der Waals surface area (Å²) in [6.07, 6.45) is 2.18. The Morgan fingerprint density at radius 1 is 1.33 bits per heavy atom. The van der Waals surface area contributed by atoms with Crippen molar-refractivity contribution in [2.45, 2.75) is 18.9 Å². The van der Waals surface area contributed by atoms with E-state index >= 15 is 0 Å². The van der Waals surface area contributed by atoms with Crippen molar-refractivity contribution < 1.29 is 4.79 Å². The summed E-state index contributed by atoms with van der Waals surface area (Å²) >= 11 is 1.64. The maximum Gasteiger partial charge on any atom is 0.251 e. The van der Waals surface area contributed by atoms with Crippen molar-refractivity contribution in [2.24, 2.45) is 0 Å². The van der Waals surface area contributed by atoms with Crippen LogP contribution in [0.1, 0.15) is 23.2 Å². The second kappa shape index (κ2) is 4.46. The van der Waals surface area contributed by atoms with Gasteiger partial charge in [0.15, 0.2) is 0 Å². The highest BCUT2D eigenvalue weighted by Gasteiger charge is 2.23. The largest absolute Gasteiger partial charge is 0.398 e. The first-order valence-corrected chi connectivity index (χ1v) is 6.91. The SMILES string of the molecule is Nc1cc(C(=O)NC2CC2)ccc1-c1ccsc1. The van der Waals surface area contributed by atoms with Crippen LogP contribution in [0.25, 0.3) is 11.1 Å². The van der Waals surface area contributed by atoms with Gasteiger partial charge in [0, 0.05) is 22.9 Å². The van der Waals surface area contributed by atoms with Crippen LogP contribution < -0.4 is 11.1 Å². The lowest BCUT2D eigenvalue weighted by molar-refractivity contribution is 0.0951. The molecule has 1 fully saturated rings. The lowest BCUT2D eigenvalue weighted by atomic mass is 10.0. The van der Waals surface area contributed by atoms with Crippen LogP contribution in [0.2, 0.25) is 0 Å². The number of carbonyl (C=O) groups is 1. The van der Waals surface area contributed by atoms with Gasteiger partial charge in [0.2, 0.25) is 0 Å². The molecule has 18 heavy (non-hydrogen) atoms.